The van der Waals surface area contributed by atoms with Gasteiger partial charge in [-0.05, 0) is 18.6 Å². The first-order chi connectivity index (χ1) is 11.2. The van der Waals surface area contributed by atoms with E-state index in [1.165, 1.54) is 0 Å². The van der Waals surface area contributed by atoms with Crippen LogP contribution >= 0.6 is 0 Å². The molecular weight excluding hydrogens is 290 g/mol. The van der Waals surface area contributed by atoms with Crippen molar-refractivity contribution < 1.29 is 4.79 Å². The lowest BCUT2D eigenvalue weighted by molar-refractivity contribution is -0.132. The maximum Gasteiger partial charge on any atom is 0.227 e. The molecule has 0 spiro atoms. The Hall–Kier alpha value is -2.76. The molecular formula is C17H17N5O. The van der Waals surface area contributed by atoms with Gasteiger partial charge in [0, 0.05) is 24.7 Å². The number of nitrogens with zero attached hydrogens (tertiary/aromatic N) is 5. The zero-order valence-electron chi connectivity index (χ0n) is 12.9. The molecule has 1 amide bonds. The average Bonchev–Trinajstić information content (AvgIpc) is 2.96. The second-order valence-corrected chi connectivity index (χ2v) is 5.80. The molecule has 6 nitrogen and oxygen atoms in total. The number of carbonyl (C=O) groups is 1. The summed E-state index contributed by atoms with van der Waals surface area (Å²) in [5.74, 6) is 1.87. The Morgan fingerprint density at radius 1 is 1.17 bits per heavy atom. The second-order valence-electron chi connectivity index (χ2n) is 5.80. The summed E-state index contributed by atoms with van der Waals surface area (Å²) in [5.41, 5.74) is 1.87. The quantitative estimate of drug-likeness (QED) is 0.723. The fourth-order valence-corrected chi connectivity index (χ4v) is 3.10. The van der Waals surface area contributed by atoms with Gasteiger partial charge in [-0.1, -0.05) is 24.3 Å². The lowest BCUT2D eigenvalue weighted by Gasteiger charge is -2.27. The van der Waals surface area contributed by atoms with E-state index in [-0.39, 0.29) is 5.91 Å². The zero-order valence-corrected chi connectivity index (χ0v) is 12.9. The summed E-state index contributed by atoms with van der Waals surface area (Å²) < 4.78 is 2.07. The van der Waals surface area contributed by atoms with Gasteiger partial charge < -0.3 is 9.47 Å². The summed E-state index contributed by atoms with van der Waals surface area (Å²) in [6, 6.07) is 9.89. The topological polar surface area (TPSA) is 63.9 Å². The number of hydrogen-bond acceptors (Lipinski definition) is 4. The van der Waals surface area contributed by atoms with Crippen LogP contribution in [0.4, 0.5) is 0 Å². The van der Waals surface area contributed by atoms with E-state index >= 15 is 0 Å². The number of benzene rings is 1. The summed E-state index contributed by atoms with van der Waals surface area (Å²) in [4.78, 5) is 18.9. The van der Waals surface area contributed by atoms with Gasteiger partial charge in [0.15, 0.2) is 5.82 Å². The molecule has 116 valence electrons. The Kier molecular flexibility index (Phi) is 3.29. The van der Waals surface area contributed by atoms with Crippen LogP contribution in [0.2, 0.25) is 0 Å². The lowest BCUT2D eigenvalue weighted by Crippen LogP contribution is -2.39. The second kappa shape index (κ2) is 5.46. The standard InChI is InChI=1S/C17H17N5O/c1-12-19-20-15-11-21(8-9-22(12)15)16(23)10-14-5-2-4-13-6-3-7-18-17(13)14/h2-7H,8-11H2,1H3. The number of pyridine rings is 1. The third-order valence-electron chi connectivity index (χ3n) is 4.35. The van der Waals surface area contributed by atoms with Crippen LogP contribution in [0.1, 0.15) is 17.2 Å². The van der Waals surface area contributed by atoms with E-state index in [0.29, 0.717) is 19.5 Å². The Bertz CT molecular complexity index is 880. The molecule has 1 aliphatic rings. The van der Waals surface area contributed by atoms with Crippen LogP contribution < -0.4 is 0 Å². The van der Waals surface area contributed by atoms with Crippen molar-refractivity contribution in [3.05, 3.63) is 53.7 Å². The molecule has 3 heterocycles. The molecule has 3 aromatic rings. The van der Waals surface area contributed by atoms with Crippen LogP contribution in [0.5, 0.6) is 0 Å². The fraction of sp³-hybridized carbons (Fsp3) is 0.294. The molecule has 6 heteroatoms. The normalized spacial score (nSPS) is 14.0. The van der Waals surface area contributed by atoms with Crippen molar-refractivity contribution >= 4 is 16.8 Å². The molecule has 0 bridgehead atoms. The molecule has 0 aliphatic carbocycles. The monoisotopic (exact) mass is 307 g/mol. The maximum absolute atomic E-state index is 12.7. The number of amides is 1. The van der Waals surface area contributed by atoms with Crippen molar-refractivity contribution in [1.29, 1.82) is 0 Å². The predicted molar refractivity (Wildman–Crippen MR) is 85.6 cm³/mol. The fourth-order valence-electron chi connectivity index (χ4n) is 3.10. The van der Waals surface area contributed by atoms with Crippen molar-refractivity contribution in [3.63, 3.8) is 0 Å². The van der Waals surface area contributed by atoms with Gasteiger partial charge in [0.25, 0.3) is 0 Å². The number of aryl methyl sites for hydroxylation is 1. The highest BCUT2D eigenvalue weighted by Crippen LogP contribution is 2.18. The number of fused-ring (bicyclic) bond motifs is 2. The van der Waals surface area contributed by atoms with Crippen molar-refractivity contribution in [2.75, 3.05) is 6.54 Å². The van der Waals surface area contributed by atoms with Crippen LogP contribution in [0.3, 0.4) is 0 Å². The average molecular weight is 307 g/mol. The van der Waals surface area contributed by atoms with Crippen LogP contribution in [-0.4, -0.2) is 37.1 Å². The van der Waals surface area contributed by atoms with Gasteiger partial charge in [-0.25, -0.2) is 0 Å². The van der Waals surface area contributed by atoms with Gasteiger partial charge in [-0.15, -0.1) is 10.2 Å². The van der Waals surface area contributed by atoms with E-state index in [1.54, 1.807) is 6.20 Å². The number of para-hydroxylation sites is 1. The smallest absolute Gasteiger partial charge is 0.227 e. The number of carbonyl (C=O) groups excluding carboxylic acids is 1. The molecule has 1 aromatic carbocycles. The van der Waals surface area contributed by atoms with E-state index in [0.717, 1.165) is 34.7 Å². The molecule has 0 radical (unpaired) electrons. The van der Waals surface area contributed by atoms with E-state index in [9.17, 15) is 4.79 Å². The largest absolute Gasteiger partial charge is 0.333 e. The van der Waals surface area contributed by atoms with Gasteiger partial charge in [0.05, 0.1) is 18.5 Å². The Balaban J connectivity index is 1.56. The lowest BCUT2D eigenvalue weighted by atomic mass is 10.1. The van der Waals surface area contributed by atoms with Crippen molar-refractivity contribution in [2.24, 2.45) is 0 Å². The van der Waals surface area contributed by atoms with E-state index in [1.807, 2.05) is 42.2 Å². The van der Waals surface area contributed by atoms with Crippen LogP contribution in [0.15, 0.2) is 36.5 Å². The minimum Gasteiger partial charge on any atom is -0.333 e. The Morgan fingerprint density at radius 3 is 2.96 bits per heavy atom. The summed E-state index contributed by atoms with van der Waals surface area (Å²) in [6.07, 6.45) is 2.13. The first kappa shape index (κ1) is 13.9. The molecule has 0 saturated heterocycles. The van der Waals surface area contributed by atoms with Gasteiger partial charge in [-0.2, -0.15) is 0 Å². The third-order valence-corrected chi connectivity index (χ3v) is 4.35. The summed E-state index contributed by atoms with van der Waals surface area (Å²) in [6.45, 7) is 3.92. The Labute approximate surface area is 133 Å². The first-order valence-electron chi connectivity index (χ1n) is 7.71. The predicted octanol–water partition coefficient (Wildman–Crippen LogP) is 1.72. The first-order valence-corrected chi connectivity index (χ1v) is 7.71. The van der Waals surface area contributed by atoms with Crippen LogP contribution in [0, 0.1) is 6.92 Å². The summed E-state index contributed by atoms with van der Waals surface area (Å²) in [7, 11) is 0. The number of rotatable bonds is 2. The Morgan fingerprint density at radius 2 is 2.04 bits per heavy atom. The van der Waals surface area contributed by atoms with E-state index in [2.05, 4.69) is 19.7 Å². The zero-order chi connectivity index (χ0) is 15.8. The molecule has 0 N–H and O–H groups in total. The SMILES string of the molecule is Cc1nnc2n1CCN(C(=O)Cc1cccc3cccnc13)C2. The molecule has 0 fully saturated rings. The van der Waals surface area contributed by atoms with Crippen LogP contribution in [0.25, 0.3) is 10.9 Å². The van der Waals surface area contributed by atoms with Crippen LogP contribution in [-0.2, 0) is 24.3 Å². The highest BCUT2D eigenvalue weighted by molar-refractivity contribution is 5.87. The third kappa shape index (κ3) is 2.46. The van der Waals surface area contributed by atoms with Gasteiger partial charge in [0.2, 0.25) is 5.91 Å². The molecule has 0 saturated carbocycles. The van der Waals surface area contributed by atoms with E-state index < -0.39 is 0 Å². The molecule has 23 heavy (non-hydrogen) atoms. The minimum atomic E-state index is 0.107. The van der Waals surface area contributed by atoms with Gasteiger partial charge in [0.1, 0.15) is 5.82 Å². The minimum absolute atomic E-state index is 0.107. The molecule has 1 aliphatic heterocycles. The highest BCUT2D eigenvalue weighted by Gasteiger charge is 2.23. The summed E-state index contributed by atoms with van der Waals surface area (Å²) in [5, 5.41) is 9.30. The molecule has 0 atom stereocenters. The molecule has 2 aromatic heterocycles. The number of aromatic nitrogens is 4. The van der Waals surface area contributed by atoms with E-state index in [4.69, 9.17) is 0 Å². The molecule has 4 rings (SSSR count). The van der Waals surface area contributed by atoms with Crippen molar-refractivity contribution in [3.8, 4) is 0 Å². The van der Waals surface area contributed by atoms with Gasteiger partial charge >= 0.3 is 0 Å². The van der Waals surface area contributed by atoms with Crippen molar-refractivity contribution in [2.45, 2.75) is 26.4 Å². The molecule has 0 unspecified atom stereocenters. The van der Waals surface area contributed by atoms with Gasteiger partial charge in [-0.3, -0.25) is 9.78 Å². The van der Waals surface area contributed by atoms with Crippen molar-refractivity contribution in [1.82, 2.24) is 24.6 Å². The maximum atomic E-state index is 12.7. The summed E-state index contributed by atoms with van der Waals surface area (Å²) >= 11 is 0. The highest BCUT2D eigenvalue weighted by atomic mass is 16.2. The number of hydrogen-bond donors (Lipinski definition) is 0.